The van der Waals surface area contributed by atoms with Crippen molar-refractivity contribution in [3.8, 4) is 0 Å². The van der Waals surface area contributed by atoms with Crippen LogP contribution < -0.4 is 4.90 Å². The minimum Gasteiger partial charge on any atom is -0.369 e. The van der Waals surface area contributed by atoms with Gasteiger partial charge in [-0.05, 0) is 29.8 Å². The number of piperazine rings is 1. The van der Waals surface area contributed by atoms with Crippen LogP contribution in [-0.2, 0) is 0 Å². The molecule has 4 heteroatoms. The molecule has 1 aliphatic heterocycles. The van der Waals surface area contributed by atoms with Crippen LogP contribution in [0.3, 0.4) is 0 Å². The molecule has 0 unspecified atom stereocenters. The summed E-state index contributed by atoms with van der Waals surface area (Å²) in [6.07, 6.45) is 0.497. The molecule has 3 aromatic carbocycles. The largest absolute Gasteiger partial charge is 0.369 e. The van der Waals surface area contributed by atoms with Crippen molar-refractivity contribution in [1.29, 1.82) is 0 Å². The third-order valence-corrected chi connectivity index (χ3v) is 6.13. The van der Waals surface area contributed by atoms with Gasteiger partial charge in [-0.15, -0.1) is 0 Å². The van der Waals surface area contributed by atoms with Crippen LogP contribution in [0.1, 0.15) is 28.4 Å². The number of benzene rings is 3. The fraction of sp³-hybridized carbons (Fsp3) is 0.240. The minimum atomic E-state index is 0.102. The van der Waals surface area contributed by atoms with E-state index in [4.69, 9.17) is 0 Å². The molecule has 1 aliphatic rings. The summed E-state index contributed by atoms with van der Waals surface area (Å²) >= 11 is 3.45. The van der Waals surface area contributed by atoms with Crippen LogP contribution in [0.15, 0.2) is 89.4 Å². The molecule has 1 heterocycles. The van der Waals surface area contributed by atoms with E-state index in [-0.39, 0.29) is 11.8 Å². The first-order valence-corrected chi connectivity index (χ1v) is 10.9. The van der Waals surface area contributed by atoms with Gasteiger partial charge in [0.25, 0.3) is 0 Å². The van der Waals surface area contributed by atoms with Gasteiger partial charge in [0.2, 0.25) is 0 Å². The average Bonchev–Trinajstić information content (AvgIpc) is 2.79. The molecule has 1 fully saturated rings. The topological polar surface area (TPSA) is 23.6 Å². The molecular weight excluding hydrogens is 424 g/mol. The van der Waals surface area contributed by atoms with Crippen molar-refractivity contribution in [2.24, 2.45) is 0 Å². The Morgan fingerprint density at radius 2 is 1.38 bits per heavy atom. The summed E-state index contributed by atoms with van der Waals surface area (Å²) in [5, 5.41) is 0. The smallest absolute Gasteiger partial charge is 0.164 e. The molecule has 0 saturated carbocycles. The molecule has 29 heavy (non-hydrogen) atoms. The quantitative estimate of drug-likeness (QED) is 0.459. The van der Waals surface area contributed by atoms with E-state index in [0.717, 1.165) is 36.2 Å². The highest BCUT2D eigenvalue weighted by Gasteiger charge is 2.27. The molecule has 0 amide bonds. The number of hydrogen-bond acceptors (Lipinski definition) is 3. The van der Waals surface area contributed by atoms with E-state index in [0.29, 0.717) is 6.42 Å². The van der Waals surface area contributed by atoms with E-state index >= 15 is 0 Å². The lowest BCUT2D eigenvalue weighted by Gasteiger charge is -2.40. The molecule has 0 radical (unpaired) electrons. The summed E-state index contributed by atoms with van der Waals surface area (Å²) in [6, 6.07) is 28.8. The first kappa shape index (κ1) is 19.9. The number of halogens is 1. The van der Waals surface area contributed by atoms with Gasteiger partial charge in [0.1, 0.15) is 0 Å². The maximum absolute atomic E-state index is 13.0. The number of carbonyl (C=O) groups excluding carboxylic acids is 1. The molecule has 0 bridgehead atoms. The summed E-state index contributed by atoms with van der Waals surface area (Å²) in [4.78, 5) is 17.9. The van der Waals surface area contributed by atoms with Crippen molar-refractivity contribution >= 4 is 27.4 Å². The molecule has 4 rings (SSSR count). The van der Waals surface area contributed by atoms with Crippen molar-refractivity contribution in [2.75, 3.05) is 31.1 Å². The summed E-state index contributed by atoms with van der Waals surface area (Å²) in [7, 11) is 0. The molecule has 0 spiro atoms. The highest BCUT2D eigenvalue weighted by molar-refractivity contribution is 9.10. The van der Waals surface area contributed by atoms with Crippen LogP contribution in [-0.4, -0.2) is 36.9 Å². The predicted molar refractivity (Wildman–Crippen MR) is 123 cm³/mol. The average molecular weight is 449 g/mol. The van der Waals surface area contributed by atoms with Crippen LogP contribution >= 0.6 is 15.9 Å². The van der Waals surface area contributed by atoms with E-state index in [1.807, 2.05) is 30.3 Å². The van der Waals surface area contributed by atoms with Gasteiger partial charge in [-0.1, -0.05) is 76.6 Å². The highest BCUT2D eigenvalue weighted by atomic mass is 79.9. The van der Waals surface area contributed by atoms with Crippen molar-refractivity contribution in [2.45, 2.75) is 12.5 Å². The molecule has 148 valence electrons. The van der Waals surface area contributed by atoms with Gasteiger partial charge in [0, 0.05) is 54.4 Å². The van der Waals surface area contributed by atoms with Crippen molar-refractivity contribution in [3.05, 3.63) is 101 Å². The van der Waals surface area contributed by atoms with E-state index < -0.39 is 0 Å². The van der Waals surface area contributed by atoms with Gasteiger partial charge in [0.15, 0.2) is 5.78 Å². The number of hydrogen-bond donors (Lipinski definition) is 0. The van der Waals surface area contributed by atoms with Crippen LogP contribution in [0.2, 0.25) is 0 Å². The Bertz CT molecular complexity index is 920. The number of ketones is 1. The standard InChI is InChI=1S/C25H25BrN2O/c26-22-13-11-21(12-14-22)25(29)19-24(20-7-3-1-4-8-20)28-17-15-27(16-18-28)23-9-5-2-6-10-23/h1-14,24H,15-19H2/t24-/m1/s1. The van der Waals surface area contributed by atoms with Gasteiger partial charge in [-0.2, -0.15) is 0 Å². The van der Waals surface area contributed by atoms with Crippen LogP contribution in [0.25, 0.3) is 0 Å². The first-order chi connectivity index (χ1) is 14.2. The second-order valence-corrected chi connectivity index (χ2v) is 8.33. The van der Waals surface area contributed by atoms with Crippen molar-refractivity contribution < 1.29 is 4.79 Å². The van der Waals surface area contributed by atoms with Crippen LogP contribution in [0.4, 0.5) is 5.69 Å². The lowest BCUT2D eigenvalue weighted by molar-refractivity contribution is 0.0910. The summed E-state index contributed by atoms with van der Waals surface area (Å²) in [6.45, 7) is 3.84. The van der Waals surface area contributed by atoms with Crippen molar-refractivity contribution in [3.63, 3.8) is 0 Å². The zero-order valence-electron chi connectivity index (χ0n) is 16.4. The number of carbonyl (C=O) groups is 1. The Morgan fingerprint density at radius 3 is 2.00 bits per heavy atom. The number of para-hydroxylation sites is 1. The maximum Gasteiger partial charge on any atom is 0.164 e. The molecule has 3 aromatic rings. The van der Waals surface area contributed by atoms with Crippen LogP contribution in [0, 0.1) is 0 Å². The Hall–Kier alpha value is -2.43. The summed E-state index contributed by atoms with van der Waals surface area (Å²) in [5.74, 6) is 0.192. The lowest BCUT2D eigenvalue weighted by Crippen LogP contribution is -2.48. The third-order valence-electron chi connectivity index (χ3n) is 5.61. The minimum absolute atomic E-state index is 0.102. The predicted octanol–water partition coefficient (Wildman–Crippen LogP) is 5.59. The normalized spacial score (nSPS) is 15.8. The third kappa shape index (κ3) is 4.95. The molecule has 0 aliphatic carbocycles. The summed E-state index contributed by atoms with van der Waals surface area (Å²) in [5.41, 5.74) is 3.26. The molecule has 0 N–H and O–H groups in total. The maximum atomic E-state index is 13.0. The fourth-order valence-corrected chi connectivity index (χ4v) is 4.26. The van der Waals surface area contributed by atoms with Gasteiger partial charge in [0.05, 0.1) is 0 Å². The zero-order chi connectivity index (χ0) is 20.1. The highest BCUT2D eigenvalue weighted by Crippen LogP contribution is 2.28. The number of nitrogens with zero attached hydrogens (tertiary/aromatic N) is 2. The Labute approximate surface area is 181 Å². The number of Topliss-reactive ketones (excluding diaryl/α,β-unsaturated/α-hetero) is 1. The Balaban J connectivity index is 1.49. The van der Waals surface area contributed by atoms with Gasteiger partial charge in [-0.3, -0.25) is 9.69 Å². The molecule has 3 nitrogen and oxygen atoms in total. The van der Waals surface area contributed by atoms with Gasteiger partial charge in [-0.25, -0.2) is 0 Å². The van der Waals surface area contributed by atoms with Crippen LogP contribution in [0.5, 0.6) is 0 Å². The second kappa shape index (κ2) is 9.38. The Morgan fingerprint density at radius 1 is 0.793 bits per heavy atom. The zero-order valence-corrected chi connectivity index (χ0v) is 18.0. The van der Waals surface area contributed by atoms with E-state index in [1.165, 1.54) is 11.3 Å². The van der Waals surface area contributed by atoms with E-state index in [9.17, 15) is 4.79 Å². The van der Waals surface area contributed by atoms with Gasteiger partial charge < -0.3 is 4.90 Å². The van der Waals surface area contributed by atoms with Gasteiger partial charge >= 0.3 is 0 Å². The second-order valence-electron chi connectivity index (χ2n) is 7.42. The molecule has 1 saturated heterocycles. The monoisotopic (exact) mass is 448 g/mol. The Kier molecular flexibility index (Phi) is 6.43. The molecular formula is C25H25BrN2O. The molecule has 0 aromatic heterocycles. The first-order valence-electron chi connectivity index (χ1n) is 10.1. The molecule has 1 atom stereocenters. The lowest BCUT2D eigenvalue weighted by atomic mass is 9.96. The summed E-state index contributed by atoms with van der Waals surface area (Å²) < 4.78 is 0.991. The number of anilines is 1. The fourth-order valence-electron chi connectivity index (χ4n) is 3.99. The van der Waals surface area contributed by atoms with Crippen molar-refractivity contribution in [1.82, 2.24) is 4.90 Å². The van der Waals surface area contributed by atoms with E-state index in [2.05, 4.69) is 80.3 Å². The SMILES string of the molecule is O=C(C[C@H](c1ccccc1)N1CCN(c2ccccc2)CC1)c1ccc(Br)cc1. The van der Waals surface area contributed by atoms with E-state index in [1.54, 1.807) is 0 Å². The number of rotatable bonds is 6.